The molecule has 34 heavy (non-hydrogen) atoms. The van der Waals surface area contributed by atoms with Crippen molar-refractivity contribution in [1.29, 1.82) is 0 Å². The normalized spacial score (nSPS) is 17.9. The second-order valence-corrected chi connectivity index (χ2v) is 9.43. The largest absolute Gasteiger partial charge is 0.490 e. The standard InChI is InChI=1S/C25H24BrClN2O5/c1-2-33-21-13-16(12-20(27)22(21)34-14-15-7-9-17(26)10-8-15)11-19-23(30)28-25(32)29(24(19)31)18-5-3-4-6-18/h7-13,18H,2-6,14H2,1H3,(H,28,30,32)/b19-11+. The van der Waals surface area contributed by atoms with Crippen LogP contribution in [0.15, 0.2) is 46.4 Å². The van der Waals surface area contributed by atoms with Gasteiger partial charge in [0.15, 0.2) is 11.5 Å². The molecule has 2 aliphatic rings. The molecule has 4 amide bonds. The minimum absolute atomic E-state index is 0.117. The fourth-order valence-corrected chi connectivity index (χ4v) is 4.68. The van der Waals surface area contributed by atoms with Gasteiger partial charge in [0.05, 0.1) is 11.6 Å². The quantitative estimate of drug-likeness (QED) is 0.366. The number of nitrogens with zero attached hydrogens (tertiary/aromatic N) is 1. The molecular weight excluding hydrogens is 524 g/mol. The monoisotopic (exact) mass is 546 g/mol. The molecule has 178 valence electrons. The van der Waals surface area contributed by atoms with Crippen LogP contribution in [0, 0.1) is 0 Å². The van der Waals surface area contributed by atoms with Gasteiger partial charge in [0.2, 0.25) is 0 Å². The van der Waals surface area contributed by atoms with Crippen molar-refractivity contribution in [1.82, 2.24) is 10.2 Å². The summed E-state index contributed by atoms with van der Waals surface area (Å²) in [7, 11) is 0. The third-order valence-electron chi connectivity index (χ3n) is 5.76. The van der Waals surface area contributed by atoms with E-state index in [1.165, 1.54) is 11.0 Å². The van der Waals surface area contributed by atoms with Crippen LogP contribution >= 0.6 is 27.5 Å². The second kappa shape index (κ2) is 10.6. The van der Waals surface area contributed by atoms with E-state index < -0.39 is 17.8 Å². The van der Waals surface area contributed by atoms with E-state index in [1.54, 1.807) is 12.1 Å². The average molecular weight is 548 g/mol. The van der Waals surface area contributed by atoms with Crippen LogP contribution in [-0.4, -0.2) is 35.4 Å². The first-order valence-electron chi connectivity index (χ1n) is 11.1. The Morgan fingerprint density at radius 3 is 2.50 bits per heavy atom. The first-order chi connectivity index (χ1) is 16.4. The van der Waals surface area contributed by atoms with Crippen molar-refractivity contribution < 1.29 is 23.9 Å². The highest BCUT2D eigenvalue weighted by Gasteiger charge is 2.40. The maximum absolute atomic E-state index is 13.1. The van der Waals surface area contributed by atoms with Crippen molar-refractivity contribution in [2.24, 2.45) is 0 Å². The molecule has 7 nitrogen and oxygen atoms in total. The third kappa shape index (κ3) is 5.28. The fourth-order valence-electron chi connectivity index (χ4n) is 4.14. The van der Waals surface area contributed by atoms with E-state index in [4.69, 9.17) is 21.1 Å². The minimum atomic E-state index is -0.728. The number of imide groups is 2. The van der Waals surface area contributed by atoms with Crippen molar-refractivity contribution in [3.8, 4) is 11.5 Å². The number of rotatable bonds is 7. The van der Waals surface area contributed by atoms with Gasteiger partial charge < -0.3 is 9.47 Å². The van der Waals surface area contributed by atoms with Gasteiger partial charge in [-0.15, -0.1) is 0 Å². The minimum Gasteiger partial charge on any atom is -0.490 e. The predicted molar refractivity (Wildman–Crippen MR) is 132 cm³/mol. The summed E-state index contributed by atoms with van der Waals surface area (Å²) in [6.45, 7) is 2.49. The van der Waals surface area contributed by atoms with E-state index in [0.29, 0.717) is 23.7 Å². The maximum Gasteiger partial charge on any atom is 0.331 e. The van der Waals surface area contributed by atoms with Gasteiger partial charge >= 0.3 is 6.03 Å². The van der Waals surface area contributed by atoms with Gasteiger partial charge in [0.25, 0.3) is 11.8 Å². The number of barbiturate groups is 1. The molecule has 0 aromatic heterocycles. The zero-order valence-corrected chi connectivity index (χ0v) is 20.9. The van der Waals surface area contributed by atoms with Gasteiger partial charge in [-0.3, -0.25) is 19.8 Å². The Kier molecular flexibility index (Phi) is 7.58. The molecule has 1 saturated heterocycles. The number of nitrogens with one attached hydrogen (secondary N) is 1. The van der Waals surface area contributed by atoms with Crippen LogP contribution in [0.5, 0.6) is 11.5 Å². The lowest BCUT2D eigenvalue weighted by molar-refractivity contribution is -0.131. The summed E-state index contributed by atoms with van der Waals surface area (Å²) in [6, 6.07) is 10.1. The molecule has 1 heterocycles. The maximum atomic E-state index is 13.1. The highest BCUT2D eigenvalue weighted by molar-refractivity contribution is 9.10. The Bertz CT molecular complexity index is 1140. The Labute approximate surface area is 211 Å². The summed E-state index contributed by atoms with van der Waals surface area (Å²) >= 11 is 9.92. The van der Waals surface area contributed by atoms with E-state index in [9.17, 15) is 14.4 Å². The molecule has 0 atom stereocenters. The van der Waals surface area contributed by atoms with Gasteiger partial charge in [-0.05, 0) is 61.2 Å². The molecule has 0 spiro atoms. The average Bonchev–Trinajstić information content (AvgIpc) is 3.32. The first-order valence-corrected chi connectivity index (χ1v) is 12.3. The van der Waals surface area contributed by atoms with Crippen LogP contribution in [0.4, 0.5) is 4.79 Å². The van der Waals surface area contributed by atoms with Crippen molar-refractivity contribution in [2.75, 3.05) is 6.61 Å². The Balaban J connectivity index is 1.61. The smallest absolute Gasteiger partial charge is 0.331 e. The Morgan fingerprint density at radius 1 is 1.12 bits per heavy atom. The van der Waals surface area contributed by atoms with E-state index >= 15 is 0 Å². The molecule has 1 N–H and O–H groups in total. The molecule has 4 rings (SSSR count). The first kappa shape index (κ1) is 24.3. The number of carbonyl (C=O) groups is 3. The summed E-state index contributed by atoms with van der Waals surface area (Å²) in [4.78, 5) is 39.1. The van der Waals surface area contributed by atoms with E-state index in [1.807, 2.05) is 31.2 Å². The van der Waals surface area contributed by atoms with Crippen molar-refractivity contribution >= 4 is 51.5 Å². The molecule has 0 unspecified atom stereocenters. The molecule has 1 saturated carbocycles. The van der Waals surface area contributed by atoms with Crippen molar-refractivity contribution in [3.05, 3.63) is 62.6 Å². The molecule has 0 radical (unpaired) electrons. The van der Waals surface area contributed by atoms with E-state index in [0.717, 1.165) is 35.7 Å². The summed E-state index contributed by atoms with van der Waals surface area (Å²) < 4.78 is 12.6. The van der Waals surface area contributed by atoms with Crippen LogP contribution in [0.3, 0.4) is 0 Å². The SMILES string of the molecule is CCOc1cc(/C=C2\C(=O)NC(=O)N(C3CCCC3)C2=O)cc(Cl)c1OCc1ccc(Br)cc1. The lowest BCUT2D eigenvalue weighted by Crippen LogP contribution is -2.57. The highest BCUT2D eigenvalue weighted by Crippen LogP contribution is 2.38. The topological polar surface area (TPSA) is 84.9 Å². The van der Waals surface area contributed by atoms with Gasteiger partial charge in [-0.1, -0.05) is 52.5 Å². The number of urea groups is 1. The van der Waals surface area contributed by atoms with Gasteiger partial charge in [-0.25, -0.2) is 4.79 Å². The van der Waals surface area contributed by atoms with Crippen LogP contribution < -0.4 is 14.8 Å². The number of halogens is 2. The van der Waals surface area contributed by atoms with Gasteiger partial charge in [0, 0.05) is 10.5 Å². The Hall–Kier alpha value is -2.84. The number of amides is 4. The molecular formula is C25H24BrClN2O5. The van der Waals surface area contributed by atoms with E-state index in [-0.39, 0.29) is 23.2 Å². The number of hydrogen-bond acceptors (Lipinski definition) is 5. The molecule has 1 aliphatic heterocycles. The van der Waals surface area contributed by atoms with Crippen LogP contribution in [0.2, 0.25) is 5.02 Å². The fraction of sp³-hybridized carbons (Fsp3) is 0.320. The van der Waals surface area contributed by atoms with Gasteiger partial charge in [-0.2, -0.15) is 0 Å². The zero-order valence-electron chi connectivity index (χ0n) is 18.6. The van der Waals surface area contributed by atoms with E-state index in [2.05, 4.69) is 21.2 Å². The summed E-state index contributed by atoms with van der Waals surface area (Å²) in [5.41, 5.74) is 1.33. The molecule has 9 heteroatoms. The van der Waals surface area contributed by atoms with Crippen molar-refractivity contribution in [2.45, 2.75) is 45.3 Å². The third-order valence-corrected chi connectivity index (χ3v) is 6.57. The lowest BCUT2D eigenvalue weighted by Gasteiger charge is -2.31. The van der Waals surface area contributed by atoms with Gasteiger partial charge in [0.1, 0.15) is 12.2 Å². The molecule has 2 fully saturated rings. The summed E-state index contributed by atoms with van der Waals surface area (Å²) in [5, 5.41) is 2.56. The number of ether oxygens (including phenoxy) is 2. The predicted octanol–water partition coefficient (Wildman–Crippen LogP) is 5.48. The molecule has 1 aliphatic carbocycles. The summed E-state index contributed by atoms with van der Waals surface area (Å²) in [6.07, 6.45) is 4.81. The lowest BCUT2D eigenvalue weighted by atomic mass is 10.0. The Morgan fingerprint density at radius 2 is 1.82 bits per heavy atom. The molecule has 0 bridgehead atoms. The van der Waals surface area contributed by atoms with Crippen molar-refractivity contribution in [3.63, 3.8) is 0 Å². The van der Waals surface area contributed by atoms with Crippen LogP contribution in [0.1, 0.15) is 43.7 Å². The molecule has 2 aromatic carbocycles. The molecule has 2 aromatic rings. The second-order valence-electron chi connectivity index (χ2n) is 8.11. The van der Waals surface area contributed by atoms with Crippen LogP contribution in [0.25, 0.3) is 6.08 Å². The number of hydrogen-bond donors (Lipinski definition) is 1. The van der Waals surface area contributed by atoms with Crippen LogP contribution in [-0.2, 0) is 16.2 Å². The highest BCUT2D eigenvalue weighted by atomic mass is 79.9. The number of benzene rings is 2. The zero-order chi connectivity index (χ0) is 24.2. The number of carbonyl (C=O) groups excluding carboxylic acids is 3. The summed E-state index contributed by atoms with van der Waals surface area (Å²) in [5.74, 6) is -0.554.